The normalized spacial score (nSPS) is 16.1. The van der Waals surface area contributed by atoms with Gasteiger partial charge in [-0.2, -0.15) is 0 Å². The zero-order valence-electron chi connectivity index (χ0n) is 18.6. The molecule has 0 saturated carbocycles. The van der Waals surface area contributed by atoms with E-state index in [9.17, 15) is 9.59 Å². The SMILES string of the molecule is Cc1ccc2oc3c(c(=O)c2c1)[C@H](c1ccc(C(C)(C)C)cc1)N(c1nnc(C)s1)C3=O. The van der Waals surface area contributed by atoms with E-state index in [1.54, 1.807) is 6.07 Å². The van der Waals surface area contributed by atoms with Crippen LogP contribution in [0.1, 0.15) is 64.6 Å². The highest BCUT2D eigenvalue weighted by atomic mass is 32.1. The van der Waals surface area contributed by atoms with Crippen LogP contribution < -0.4 is 10.3 Å². The fourth-order valence-electron chi connectivity index (χ4n) is 4.15. The summed E-state index contributed by atoms with van der Waals surface area (Å²) in [4.78, 5) is 28.7. The Kier molecular flexibility index (Phi) is 4.57. The number of aryl methyl sites for hydroxylation is 2. The first-order valence-corrected chi connectivity index (χ1v) is 11.3. The first kappa shape index (κ1) is 20.6. The molecule has 0 aliphatic carbocycles. The highest BCUT2D eigenvalue weighted by Crippen LogP contribution is 2.42. The van der Waals surface area contributed by atoms with Crippen molar-refractivity contribution >= 4 is 33.3 Å². The molecule has 0 unspecified atom stereocenters. The van der Waals surface area contributed by atoms with Gasteiger partial charge in [0.2, 0.25) is 10.9 Å². The lowest BCUT2D eigenvalue weighted by Crippen LogP contribution is -2.29. The molecule has 1 aliphatic rings. The van der Waals surface area contributed by atoms with Gasteiger partial charge in [0.05, 0.1) is 17.0 Å². The van der Waals surface area contributed by atoms with Crippen molar-refractivity contribution in [3.05, 3.63) is 85.7 Å². The monoisotopic (exact) mass is 445 g/mol. The number of nitrogens with zero attached hydrogens (tertiary/aromatic N) is 3. The van der Waals surface area contributed by atoms with Crippen LogP contribution in [0.3, 0.4) is 0 Å². The van der Waals surface area contributed by atoms with Crippen molar-refractivity contribution in [2.24, 2.45) is 0 Å². The molecule has 1 amide bonds. The summed E-state index contributed by atoms with van der Waals surface area (Å²) in [5.74, 6) is -0.301. The minimum absolute atomic E-state index is 0.00921. The quantitative estimate of drug-likeness (QED) is 0.418. The van der Waals surface area contributed by atoms with Crippen molar-refractivity contribution in [1.82, 2.24) is 10.2 Å². The van der Waals surface area contributed by atoms with E-state index in [4.69, 9.17) is 4.42 Å². The molecule has 162 valence electrons. The molecule has 0 radical (unpaired) electrons. The lowest BCUT2D eigenvalue weighted by Gasteiger charge is -2.24. The maximum Gasteiger partial charge on any atom is 0.297 e. The van der Waals surface area contributed by atoms with Gasteiger partial charge in [-0.3, -0.25) is 14.5 Å². The Morgan fingerprint density at radius 3 is 2.34 bits per heavy atom. The van der Waals surface area contributed by atoms with E-state index in [-0.39, 0.29) is 22.5 Å². The molecule has 0 spiro atoms. The Bertz CT molecular complexity index is 1430. The molecule has 0 saturated heterocycles. The third-order valence-corrected chi connectivity index (χ3v) is 6.68. The number of carbonyl (C=O) groups is 1. The van der Waals surface area contributed by atoms with E-state index in [2.05, 4.69) is 31.0 Å². The number of fused-ring (bicyclic) bond motifs is 2. The van der Waals surface area contributed by atoms with Crippen LogP contribution in [-0.4, -0.2) is 16.1 Å². The number of carbonyl (C=O) groups excluding carboxylic acids is 1. The van der Waals surface area contributed by atoms with Crippen LogP contribution in [0.2, 0.25) is 0 Å². The van der Waals surface area contributed by atoms with Crippen LogP contribution in [0.25, 0.3) is 11.0 Å². The molecule has 32 heavy (non-hydrogen) atoms. The zero-order chi connectivity index (χ0) is 22.8. The molecule has 1 aliphatic heterocycles. The zero-order valence-corrected chi connectivity index (χ0v) is 19.4. The molecular weight excluding hydrogens is 422 g/mol. The fourth-order valence-corrected chi connectivity index (χ4v) is 4.86. The van der Waals surface area contributed by atoms with Gasteiger partial charge in [-0.25, -0.2) is 0 Å². The third kappa shape index (κ3) is 3.15. The highest BCUT2D eigenvalue weighted by Gasteiger charge is 2.45. The van der Waals surface area contributed by atoms with Gasteiger partial charge in [0.1, 0.15) is 10.6 Å². The standard InChI is InChI=1S/C25H23N3O3S/c1-13-6-11-18-17(12-13)21(29)19-20(15-7-9-16(10-8-15)25(3,4)5)28(23(30)22(19)31-18)24-27-26-14(2)32-24/h6-12,20H,1-5H3/t20-/m0/s1. The van der Waals surface area contributed by atoms with Crippen molar-refractivity contribution in [3.63, 3.8) is 0 Å². The molecule has 1 atom stereocenters. The summed E-state index contributed by atoms with van der Waals surface area (Å²) < 4.78 is 6.01. The lowest BCUT2D eigenvalue weighted by atomic mass is 9.86. The second-order valence-electron chi connectivity index (χ2n) is 9.23. The van der Waals surface area contributed by atoms with Crippen molar-refractivity contribution in [3.8, 4) is 0 Å². The minimum Gasteiger partial charge on any atom is -0.450 e. The summed E-state index contributed by atoms with van der Waals surface area (Å²) in [6.45, 7) is 10.2. The molecule has 7 heteroatoms. The van der Waals surface area contributed by atoms with E-state index in [1.807, 2.05) is 50.2 Å². The molecule has 6 nitrogen and oxygen atoms in total. The largest absolute Gasteiger partial charge is 0.450 e. The van der Waals surface area contributed by atoms with Crippen LogP contribution in [0.5, 0.6) is 0 Å². The predicted molar refractivity (Wildman–Crippen MR) is 126 cm³/mol. The van der Waals surface area contributed by atoms with Crippen molar-refractivity contribution < 1.29 is 9.21 Å². The summed E-state index contributed by atoms with van der Waals surface area (Å²) in [6, 6.07) is 12.9. The third-order valence-electron chi connectivity index (χ3n) is 5.84. The van der Waals surface area contributed by atoms with Gasteiger partial charge < -0.3 is 4.42 Å². The number of amides is 1. The van der Waals surface area contributed by atoms with Crippen LogP contribution in [-0.2, 0) is 5.41 Å². The Morgan fingerprint density at radius 1 is 1.00 bits per heavy atom. The van der Waals surface area contributed by atoms with Crippen LogP contribution in [0.4, 0.5) is 5.13 Å². The van der Waals surface area contributed by atoms with E-state index < -0.39 is 6.04 Å². The van der Waals surface area contributed by atoms with Gasteiger partial charge in [0, 0.05) is 0 Å². The number of rotatable bonds is 2. The van der Waals surface area contributed by atoms with Crippen LogP contribution in [0, 0.1) is 13.8 Å². The second kappa shape index (κ2) is 7.10. The van der Waals surface area contributed by atoms with Gasteiger partial charge in [-0.15, -0.1) is 10.2 Å². The number of hydrogen-bond donors (Lipinski definition) is 0. The summed E-state index contributed by atoms with van der Waals surface area (Å²) in [7, 11) is 0. The second-order valence-corrected chi connectivity index (χ2v) is 10.4. The number of hydrogen-bond acceptors (Lipinski definition) is 6. The fraction of sp³-hybridized carbons (Fsp3) is 0.280. The molecule has 3 heterocycles. The van der Waals surface area contributed by atoms with E-state index >= 15 is 0 Å². The van der Waals surface area contributed by atoms with Crippen molar-refractivity contribution in [1.29, 1.82) is 0 Å². The van der Waals surface area contributed by atoms with Crippen LogP contribution >= 0.6 is 11.3 Å². The van der Waals surface area contributed by atoms with Gasteiger partial charge in [0.15, 0.2) is 5.43 Å². The summed E-state index contributed by atoms with van der Waals surface area (Å²) in [6.07, 6.45) is 0. The molecule has 0 N–H and O–H groups in total. The average molecular weight is 446 g/mol. The summed E-state index contributed by atoms with van der Waals surface area (Å²) >= 11 is 1.32. The Hall–Kier alpha value is -3.32. The van der Waals surface area contributed by atoms with Crippen molar-refractivity contribution in [2.45, 2.75) is 46.1 Å². The van der Waals surface area contributed by atoms with Gasteiger partial charge in [0.25, 0.3) is 5.91 Å². The molecular formula is C25H23N3O3S. The van der Waals surface area contributed by atoms with E-state index in [1.165, 1.54) is 21.8 Å². The highest BCUT2D eigenvalue weighted by molar-refractivity contribution is 7.15. The summed E-state index contributed by atoms with van der Waals surface area (Å²) in [5.41, 5.74) is 3.52. The molecule has 0 bridgehead atoms. The number of benzene rings is 2. The molecule has 4 aromatic rings. The van der Waals surface area contributed by atoms with Crippen molar-refractivity contribution in [2.75, 3.05) is 4.90 Å². The van der Waals surface area contributed by atoms with Gasteiger partial charge >= 0.3 is 0 Å². The molecule has 2 aromatic carbocycles. The maximum absolute atomic E-state index is 13.6. The first-order valence-electron chi connectivity index (χ1n) is 10.5. The Balaban J connectivity index is 1.77. The Morgan fingerprint density at radius 2 is 1.72 bits per heavy atom. The average Bonchev–Trinajstić information content (AvgIpc) is 3.29. The van der Waals surface area contributed by atoms with Gasteiger partial charge in [-0.1, -0.05) is 68.0 Å². The van der Waals surface area contributed by atoms with E-state index in [0.717, 1.165) is 16.1 Å². The maximum atomic E-state index is 13.6. The first-order chi connectivity index (χ1) is 15.1. The number of aromatic nitrogens is 2. The number of anilines is 1. The molecule has 0 fully saturated rings. The van der Waals surface area contributed by atoms with Gasteiger partial charge in [-0.05, 0) is 42.5 Å². The smallest absolute Gasteiger partial charge is 0.297 e. The topological polar surface area (TPSA) is 76.3 Å². The molecule has 5 rings (SSSR count). The molecule has 2 aromatic heterocycles. The van der Waals surface area contributed by atoms with Crippen LogP contribution in [0.15, 0.2) is 51.7 Å². The minimum atomic E-state index is -0.625. The summed E-state index contributed by atoms with van der Waals surface area (Å²) in [5, 5.41) is 9.96. The van der Waals surface area contributed by atoms with E-state index in [0.29, 0.717) is 21.7 Å². The lowest BCUT2D eigenvalue weighted by molar-refractivity contribution is 0.0970. The predicted octanol–water partition coefficient (Wildman–Crippen LogP) is 5.31. The Labute approximate surface area is 189 Å².